The number of aliphatic imine (C=N–C) groups is 1. The van der Waals surface area contributed by atoms with Gasteiger partial charge in [0.05, 0.1) is 17.2 Å². The Hall–Kier alpha value is -4.62. The number of hydrogen-bond acceptors (Lipinski definition) is 5. The molecule has 0 radical (unpaired) electrons. The smallest absolute Gasteiger partial charge is 0.342 e. The van der Waals surface area contributed by atoms with Crippen LogP contribution in [-0.4, -0.2) is 33.4 Å². The van der Waals surface area contributed by atoms with Crippen molar-refractivity contribution >= 4 is 23.6 Å². The van der Waals surface area contributed by atoms with Crippen molar-refractivity contribution in [3.05, 3.63) is 154 Å². The highest BCUT2D eigenvalue weighted by atomic mass is 32.2. The van der Waals surface area contributed by atoms with E-state index < -0.39 is 17.4 Å². The molecule has 2 atom stereocenters. The molecule has 1 aliphatic rings. The third-order valence-electron chi connectivity index (χ3n) is 7.53. The largest absolute Gasteiger partial charge is 0.405 e. The van der Waals surface area contributed by atoms with Crippen LogP contribution in [0, 0.1) is 6.92 Å². The van der Waals surface area contributed by atoms with E-state index in [0.29, 0.717) is 22.5 Å². The first kappa shape index (κ1) is 26.6. The molecule has 0 amide bonds. The molecule has 1 aliphatic heterocycles. The molecule has 0 saturated carbocycles. The number of para-hydroxylation sites is 1. The normalized spacial score (nSPS) is 17.2. The van der Waals surface area contributed by atoms with Gasteiger partial charge in [0.25, 0.3) is 5.56 Å². The second-order valence-corrected chi connectivity index (χ2v) is 11.0. The van der Waals surface area contributed by atoms with Crippen LogP contribution in [0.2, 0.25) is 0 Å². The number of aromatic amines is 1. The Labute approximate surface area is 242 Å². The van der Waals surface area contributed by atoms with Crippen molar-refractivity contribution in [2.75, 3.05) is 6.26 Å². The molecule has 204 valence electrons. The monoisotopic (exact) mass is 559 g/mol. The number of benzene rings is 4. The third-order valence-corrected chi connectivity index (χ3v) is 8.27. The van der Waals surface area contributed by atoms with Gasteiger partial charge in [-0.25, -0.2) is 14.5 Å². The zero-order valence-electron chi connectivity index (χ0n) is 22.8. The van der Waals surface area contributed by atoms with Gasteiger partial charge in [-0.1, -0.05) is 78.9 Å². The van der Waals surface area contributed by atoms with Crippen LogP contribution in [0.4, 0.5) is 0 Å². The van der Waals surface area contributed by atoms with Crippen LogP contribution in [0.5, 0.6) is 0 Å². The quantitative estimate of drug-likeness (QED) is 0.179. The number of carbonyl (C=O) groups is 1. The first-order valence-electron chi connectivity index (χ1n) is 13.4. The number of ether oxygens (including phenoxy) is 1. The average Bonchev–Trinajstić information content (AvgIpc) is 3.50. The van der Waals surface area contributed by atoms with Crippen LogP contribution >= 0.6 is 11.8 Å². The summed E-state index contributed by atoms with van der Waals surface area (Å²) in [5.74, 6) is -0.944. The van der Waals surface area contributed by atoms with Crippen molar-refractivity contribution in [1.29, 1.82) is 0 Å². The number of H-pyrrole nitrogens is 1. The Morgan fingerprint density at radius 2 is 1.46 bits per heavy atom. The molecule has 1 aromatic heterocycles. The summed E-state index contributed by atoms with van der Waals surface area (Å²) in [6, 6.07) is 36.6. The fourth-order valence-corrected chi connectivity index (χ4v) is 5.98. The van der Waals surface area contributed by atoms with Crippen LogP contribution in [-0.2, 0) is 16.0 Å². The minimum absolute atomic E-state index is 0.226. The van der Waals surface area contributed by atoms with E-state index in [1.165, 1.54) is 4.68 Å². The number of aromatic nitrogens is 2. The molecule has 7 heteroatoms. The Morgan fingerprint density at radius 1 is 0.854 bits per heavy atom. The van der Waals surface area contributed by atoms with Gasteiger partial charge in [-0.05, 0) is 60.7 Å². The lowest BCUT2D eigenvalue weighted by atomic mass is 9.72. The van der Waals surface area contributed by atoms with Gasteiger partial charge in [0.1, 0.15) is 0 Å². The minimum Gasteiger partial charge on any atom is -0.405 e. The molecule has 0 aliphatic carbocycles. The highest BCUT2D eigenvalue weighted by molar-refractivity contribution is 7.98. The lowest BCUT2D eigenvalue weighted by molar-refractivity contribution is -0.139. The number of aryl methyl sites for hydroxylation is 1. The van der Waals surface area contributed by atoms with Crippen LogP contribution in [0.1, 0.15) is 33.9 Å². The standard InChI is InChI=1S/C34H29N3O3S/c1-23-29(32(38)37(36-23)27-16-10-5-11-17-27)30(25-18-20-28(41-2)21-19-25)34(22-24-12-6-3-7-13-24)33(39)40-31(35-34)26-14-8-4-9-15-26/h3-21,30,36H,22H2,1-2H3/t30-,34+/m0/s1. The Bertz CT molecular complexity index is 1760. The Balaban J connectivity index is 1.63. The third kappa shape index (κ3) is 4.93. The van der Waals surface area contributed by atoms with Gasteiger partial charge in [0, 0.05) is 22.6 Å². The summed E-state index contributed by atoms with van der Waals surface area (Å²) in [7, 11) is 0. The van der Waals surface area contributed by atoms with Crippen molar-refractivity contribution in [3.8, 4) is 5.69 Å². The fourth-order valence-electron chi connectivity index (χ4n) is 5.57. The van der Waals surface area contributed by atoms with Gasteiger partial charge in [-0.2, -0.15) is 0 Å². The maximum absolute atomic E-state index is 14.3. The lowest BCUT2D eigenvalue weighted by Crippen LogP contribution is -2.45. The summed E-state index contributed by atoms with van der Waals surface area (Å²) in [6.45, 7) is 1.87. The Kier molecular flexibility index (Phi) is 7.20. The zero-order chi connectivity index (χ0) is 28.4. The van der Waals surface area contributed by atoms with Gasteiger partial charge in [-0.3, -0.25) is 9.89 Å². The predicted octanol–water partition coefficient (Wildman–Crippen LogP) is 6.31. The molecule has 41 heavy (non-hydrogen) atoms. The van der Waals surface area contributed by atoms with Gasteiger partial charge in [0.15, 0.2) is 5.54 Å². The minimum atomic E-state index is -1.42. The van der Waals surface area contributed by atoms with Crippen LogP contribution < -0.4 is 5.56 Å². The van der Waals surface area contributed by atoms with Crippen molar-refractivity contribution in [2.45, 2.75) is 29.7 Å². The number of rotatable bonds is 8. The molecule has 0 unspecified atom stereocenters. The molecule has 0 spiro atoms. The molecule has 5 aromatic rings. The Morgan fingerprint density at radius 3 is 2.10 bits per heavy atom. The molecule has 1 N–H and O–H groups in total. The van der Waals surface area contributed by atoms with Crippen molar-refractivity contribution in [1.82, 2.24) is 9.78 Å². The number of nitrogens with one attached hydrogen (secondary N) is 1. The second kappa shape index (κ2) is 11.1. The maximum atomic E-state index is 14.3. The molecular formula is C34H29N3O3S. The molecule has 2 heterocycles. The molecular weight excluding hydrogens is 530 g/mol. The number of carbonyl (C=O) groups excluding carboxylic acids is 1. The average molecular weight is 560 g/mol. The number of hydrogen-bond donors (Lipinski definition) is 1. The number of thioether (sulfide) groups is 1. The second-order valence-electron chi connectivity index (χ2n) is 10.1. The fraction of sp³-hybridized carbons (Fsp3) is 0.147. The summed E-state index contributed by atoms with van der Waals surface area (Å²) in [4.78, 5) is 34.7. The molecule has 6 nitrogen and oxygen atoms in total. The predicted molar refractivity (Wildman–Crippen MR) is 163 cm³/mol. The highest BCUT2D eigenvalue weighted by Crippen LogP contribution is 2.44. The van der Waals surface area contributed by atoms with Gasteiger partial charge in [-0.15, -0.1) is 11.8 Å². The van der Waals surface area contributed by atoms with Crippen molar-refractivity contribution < 1.29 is 9.53 Å². The van der Waals surface area contributed by atoms with Gasteiger partial charge in [0.2, 0.25) is 5.90 Å². The summed E-state index contributed by atoms with van der Waals surface area (Å²) >= 11 is 1.63. The van der Waals surface area contributed by atoms with Gasteiger partial charge < -0.3 is 4.74 Å². The van der Waals surface area contributed by atoms with E-state index >= 15 is 0 Å². The van der Waals surface area contributed by atoms with E-state index in [1.807, 2.05) is 128 Å². The molecule has 0 bridgehead atoms. The topological polar surface area (TPSA) is 76.4 Å². The first-order chi connectivity index (χ1) is 20.0. The summed E-state index contributed by atoms with van der Waals surface area (Å²) in [6.07, 6.45) is 2.27. The SMILES string of the molecule is CSc1ccc([C@@H](c2c(C)[nH]n(-c3ccccc3)c2=O)[C@@]2(Cc3ccccc3)N=C(c3ccccc3)OC2=O)cc1. The first-order valence-corrected chi connectivity index (χ1v) is 14.6. The summed E-state index contributed by atoms with van der Waals surface area (Å²) in [5, 5.41) is 3.26. The van der Waals surface area contributed by atoms with E-state index in [-0.39, 0.29) is 17.9 Å². The van der Waals surface area contributed by atoms with E-state index in [1.54, 1.807) is 11.8 Å². The van der Waals surface area contributed by atoms with Gasteiger partial charge >= 0.3 is 5.97 Å². The van der Waals surface area contributed by atoms with E-state index in [4.69, 9.17) is 9.73 Å². The van der Waals surface area contributed by atoms with E-state index in [0.717, 1.165) is 16.0 Å². The summed E-state index contributed by atoms with van der Waals surface area (Å²) < 4.78 is 7.50. The van der Waals surface area contributed by atoms with E-state index in [9.17, 15) is 9.59 Å². The number of cyclic esters (lactones) is 1. The highest BCUT2D eigenvalue weighted by Gasteiger charge is 2.55. The summed E-state index contributed by atoms with van der Waals surface area (Å²) in [5.41, 5.74) is 2.66. The maximum Gasteiger partial charge on any atom is 0.342 e. The van der Waals surface area contributed by atoms with Crippen molar-refractivity contribution in [3.63, 3.8) is 0 Å². The van der Waals surface area contributed by atoms with Crippen LogP contribution in [0.15, 0.2) is 130 Å². The van der Waals surface area contributed by atoms with Crippen LogP contribution in [0.3, 0.4) is 0 Å². The molecule has 0 fully saturated rings. The molecule has 4 aromatic carbocycles. The number of esters is 1. The zero-order valence-corrected chi connectivity index (χ0v) is 23.6. The molecule has 0 saturated heterocycles. The molecule has 6 rings (SSSR count). The van der Waals surface area contributed by atoms with E-state index in [2.05, 4.69) is 5.10 Å². The number of nitrogens with zero attached hydrogens (tertiary/aromatic N) is 2. The van der Waals surface area contributed by atoms with Crippen LogP contribution in [0.25, 0.3) is 5.69 Å². The van der Waals surface area contributed by atoms with Crippen molar-refractivity contribution in [2.24, 2.45) is 4.99 Å². The lowest BCUT2D eigenvalue weighted by Gasteiger charge is -2.32.